The van der Waals surface area contributed by atoms with Gasteiger partial charge in [0.2, 0.25) is 15.9 Å². The first-order valence-corrected chi connectivity index (χ1v) is 52.3. The summed E-state index contributed by atoms with van der Waals surface area (Å²) in [6, 6.07) is 8.56. The van der Waals surface area contributed by atoms with Crippen LogP contribution in [0.15, 0.2) is 49.1 Å². The molecule has 6 aliphatic heterocycles. The van der Waals surface area contributed by atoms with Crippen LogP contribution in [0.1, 0.15) is 283 Å². The van der Waals surface area contributed by atoms with Gasteiger partial charge in [0, 0.05) is 155 Å². The van der Waals surface area contributed by atoms with Gasteiger partial charge in [0.25, 0.3) is 47.3 Å². The van der Waals surface area contributed by atoms with Crippen LogP contribution in [0.25, 0.3) is 41.8 Å². The summed E-state index contributed by atoms with van der Waals surface area (Å²) >= 11 is 4.80. The van der Waals surface area contributed by atoms with Crippen molar-refractivity contribution >= 4 is 132 Å². The van der Waals surface area contributed by atoms with Gasteiger partial charge in [0.05, 0.1) is 62.1 Å². The highest BCUT2D eigenvalue weighted by molar-refractivity contribution is 7.88. The zero-order chi connectivity index (χ0) is 97.5. The predicted octanol–water partition coefficient (Wildman–Crippen LogP) is 12.5. The summed E-state index contributed by atoms with van der Waals surface area (Å²) < 4.78 is 24.6. The SMILES string of the molecule is CC[C@@H](C)Nc1cc(C)c(-c2sc(C(=O)NC3CN(C(C)=O)C3)nc2C(=O)N2CCC[C@@H]2C)cn1.CC[C@@H](C)Nc1cc(C)c(-c2sc(C(=O)NC3CN(S(C)(=O)=O)C3)nc2C(=O)N2CCC[C@@H]2C)cn1.Cc1cc(NC(C)C)ncc1-c1sc(C(=O)NC2CCC2O)nc1C(=O)N1CCC[C@@H]1C.Cc1cc(NC(C)C)ncc1-c1sc(C(=O)N[C@@H]2CC[C@H]2O)nc1C(=O)N1CCC[C@@H]1C. The van der Waals surface area contributed by atoms with Crippen molar-refractivity contribution in [3.63, 3.8) is 0 Å². The number of aliphatic hydroxyl groups excluding tert-OH is 2. The van der Waals surface area contributed by atoms with Crippen LogP contribution in [-0.4, -0.2) is 284 Å². The lowest BCUT2D eigenvalue weighted by atomic mass is 9.89. The maximum Gasteiger partial charge on any atom is 0.280 e. The Morgan fingerprint density at radius 2 is 0.674 bits per heavy atom. The number of amides is 9. The molecule has 40 heteroatoms. The van der Waals surface area contributed by atoms with Crippen LogP contribution in [0.4, 0.5) is 23.3 Å². The van der Waals surface area contributed by atoms with Crippen LogP contribution < -0.4 is 42.5 Å². The van der Waals surface area contributed by atoms with E-state index >= 15 is 0 Å². The molecule has 10 atom stereocenters. The van der Waals surface area contributed by atoms with E-state index < -0.39 is 28.1 Å². The molecule has 10 N–H and O–H groups in total. The third-order valence-corrected chi connectivity index (χ3v) is 31.7. The van der Waals surface area contributed by atoms with Crippen molar-refractivity contribution in [2.75, 3.05) is 79.9 Å². The molecule has 6 saturated heterocycles. The van der Waals surface area contributed by atoms with Gasteiger partial charge in [0.15, 0.2) is 20.0 Å². The molecule has 0 radical (unpaired) electrons. The number of aromatic nitrogens is 8. The fraction of sp³-hybridized carbons (Fsp3) is 0.568. The maximum absolute atomic E-state index is 13.5. The number of likely N-dealkylation sites (tertiary alicyclic amines) is 5. The Balaban J connectivity index is 0.000000153. The second-order valence-electron chi connectivity index (χ2n) is 37.6. The van der Waals surface area contributed by atoms with Crippen LogP contribution in [0.3, 0.4) is 0 Å². The highest BCUT2D eigenvalue weighted by atomic mass is 32.2. The topological polar surface area (TPSA) is 447 Å². The highest BCUT2D eigenvalue weighted by Gasteiger charge is 2.42. The molecule has 16 rings (SSSR count). The molecule has 2 saturated carbocycles. The number of pyridine rings is 4. The van der Waals surface area contributed by atoms with E-state index in [1.165, 1.54) is 56.6 Å². The highest BCUT2D eigenvalue weighted by Crippen LogP contribution is 2.42. The number of sulfonamides is 1. The van der Waals surface area contributed by atoms with E-state index in [1.807, 2.05) is 127 Å². The number of aliphatic hydroxyl groups is 2. The molecule has 8 aromatic heterocycles. The number of nitrogens with zero attached hydrogens (tertiary/aromatic N) is 14. The van der Waals surface area contributed by atoms with Crippen LogP contribution in [0, 0.1) is 27.7 Å². The van der Waals surface area contributed by atoms with Crippen molar-refractivity contribution in [1.82, 2.24) is 89.9 Å². The summed E-state index contributed by atoms with van der Waals surface area (Å²) in [6.45, 7) is 38.3. The van der Waals surface area contributed by atoms with E-state index in [4.69, 9.17) is 0 Å². The Morgan fingerprint density at radius 1 is 0.407 bits per heavy atom. The lowest BCUT2D eigenvalue weighted by Crippen LogP contribution is -2.60. The average molecular weight is 1950 g/mol. The first kappa shape index (κ1) is 102. The molecule has 2 aliphatic carbocycles. The zero-order valence-corrected chi connectivity index (χ0v) is 84.5. The van der Waals surface area contributed by atoms with Crippen LogP contribution in [0.2, 0.25) is 0 Å². The number of nitrogens with one attached hydrogen (secondary N) is 8. The summed E-state index contributed by atoms with van der Waals surface area (Å²) in [5.74, 6) is 1.02. The monoisotopic (exact) mass is 1950 g/mol. The van der Waals surface area contributed by atoms with Crippen molar-refractivity contribution in [1.29, 1.82) is 0 Å². The third kappa shape index (κ3) is 24.3. The number of rotatable bonds is 27. The minimum atomic E-state index is -3.28. The molecule has 8 aliphatic rings. The number of carbonyl (C=O) groups excluding carboxylic acids is 9. The fourth-order valence-corrected chi connectivity index (χ4v) is 22.2. The molecule has 8 aromatic rings. The zero-order valence-electron chi connectivity index (χ0n) is 80.4. The summed E-state index contributed by atoms with van der Waals surface area (Å²) in [6.07, 6.45) is 19.6. The Bertz CT molecular complexity index is 5650. The van der Waals surface area contributed by atoms with Crippen molar-refractivity contribution in [2.45, 2.75) is 292 Å². The number of carbonyl (C=O) groups is 9. The van der Waals surface area contributed by atoms with Gasteiger partial charge in [-0.1, -0.05) is 13.8 Å². The number of hydrogen-bond donors (Lipinski definition) is 10. The largest absolute Gasteiger partial charge is 0.391 e. The number of anilines is 4. The Hall–Kier alpha value is -10.6. The van der Waals surface area contributed by atoms with Crippen LogP contribution in [0.5, 0.6) is 0 Å². The van der Waals surface area contributed by atoms with Gasteiger partial charge < -0.3 is 77.2 Å². The lowest BCUT2D eigenvalue weighted by molar-refractivity contribution is -0.133. The average Bonchev–Trinajstić information content (AvgIpc) is 1.64. The molecule has 135 heavy (non-hydrogen) atoms. The molecule has 35 nitrogen and oxygen atoms in total. The van der Waals surface area contributed by atoms with Crippen LogP contribution in [-0.2, 0) is 14.8 Å². The van der Waals surface area contributed by atoms with Gasteiger partial charge in [0.1, 0.15) is 46.0 Å². The van der Waals surface area contributed by atoms with E-state index in [0.717, 1.165) is 151 Å². The quantitative estimate of drug-likeness (QED) is 0.0229. The van der Waals surface area contributed by atoms with E-state index in [0.29, 0.717) is 94.7 Å². The normalized spacial score (nSPS) is 20.9. The first-order valence-electron chi connectivity index (χ1n) is 47.2. The predicted molar refractivity (Wildman–Crippen MR) is 528 cm³/mol. The summed E-state index contributed by atoms with van der Waals surface area (Å²) in [4.78, 5) is 165. The molecular weight excluding hydrogens is 1820 g/mol. The molecule has 0 spiro atoms. The molecule has 14 heterocycles. The summed E-state index contributed by atoms with van der Waals surface area (Å²) in [5.41, 5.74) is 8.14. The number of hydrogen-bond acceptors (Lipinski definition) is 29. The number of thiazole rings is 4. The second-order valence-corrected chi connectivity index (χ2v) is 43.6. The Morgan fingerprint density at radius 3 is 0.889 bits per heavy atom. The van der Waals surface area contributed by atoms with Gasteiger partial charge in [-0.15, -0.1) is 45.3 Å². The molecule has 2 unspecified atom stereocenters. The van der Waals surface area contributed by atoms with Gasteiger partial charge in [-0.05, 0) is 233 Å². The smallest absolute Gasteiger partial charge is 0.280 e. The van der Waals surface area contributed by atoms with E-state index in [9.17, 15) is 61.8 Å². The van der Waals surface area contributed by atoms with Gasteiger partial charge in [-0.3, -0.25) is 43.2 Å². The molecular formula is C95H130N22O13S5. The molecule has 8 fully saturated rings. The van der Waals surface area contributed by atoms with Crippen LogP contribution >= 0.6 is 45.3 Å². The minimum Gasteiger partial charge on any atom is -0.391 e. The van der Waals surface area contributed by atoms with Crippen molar-refractivity contribution in [3.8, 4) is 41.8 Å². The van der Waals surface area contributed by atoms with Crippen molar-refractivity contribution < 1.29 is 61.8 Å². The van der Waals surface area contributed by atoms with Gasteiger partial charge in [-0.2, -0.15) is 4.31 Å². The maximum atomic E-state index is 13.5. The van der Waals surface area contributed by atoms with Gasteiger partial charge in [-0.25, -0.2) is 48.3 Å². The van der Waals surface area contributed by atoms with E-state index in [-0.39, 0.29) is 153 Å². The summed E-state index contributed by atoms with van der Waals surface area (Å²) in [7, 11) is -3.28. The van der Waals surface area contributed by atoms with E-state index in [1.54, 1.807) is 29.7 Å². The first-order chi connectivity index (χ1) is 64.1. The minimum absolute atomic E-state index is 0.00566. The molecule has 728 valence electrons. The Kier molecular flexibility index (Phi) is 33.4. The summed E-state index contributed by atoms with van der Waals surface area (Å²) in [5, 5.41) is 45.3. The third-order valence-electron chi connectivity index (χ3n) is 26.1. The Labute approximate surface area is 806 Å². The molecule has 0 aromatic carbocycles. The fourth-order valence-electron chi connectivity index (χ4n) is 17.1. The lowest BCUT2D eigenvalue weighted by Gasteiger charge is -2.38. The van der Waals surface area contributed by atoms with Crippen molar-refractivity contribution in [2.24, 2.45) is 0 Å². The second kappa shape index (κ2) is 44.2. The number of aryl methyl sites for hydroxylation is 4. The van der Waals surface area contributed by atoms with Gasteiger partial charge >= 0.3 is 0 Å². The molecule has 9 amide bonds. The standard InChI is InChI=1S/C25H34N6O3S.C24H34N6O4S2.2C23H31N5O3S/c1-6-15(3)27-20-10-14(2)19(11-26-20)22-21(25(34)31-9-7-8-16(31)4)29-24(35-22)23(33)28-18-12-30(13-18)17(5)32;1-6-15(3)26-19-10-14(2)18(11-25-19)21-20(24(32)30-9-7-8-16(30)4)28-23(35-21)22(31)27-17-12-29(13-17)36(5,33)34;2*1-12(2)25-18-10-13(3)15(11-24-18)20-19(23(31)28-9-5-6-14(28)4)27-22(32-20)21(30)26-16-7-8-17(16)29/h10-11,15-16,18H,6-9,12-13H2,1-5H3,(H,26,27)(H,28,33);10-11,15-17H,6-9,12-13H2,1-5H3,(H,25,26)(H,27,31);2*10-12,14,16-17,29H,5-9H2,1-4H3,(H,24,25)(H,26,30)/t2*15-,16+;14-,16?,17?;14-,16+,17+/m1100/s1. The molecule has 0 bridgehead atoms. The van der Waals surface area contributed by atoms with E-state index in [2.05, 4.69) is 110 Å². The van der Waals surface area contributed by atoms with Crippen molar-refractivity contribution in [3.05, 3.63) is 114 Å².